The zero-order valence-electron chi connectivity index (χ0n) is 10.5. The molecule has 2 aliphatic rings. The molecule has 0 atom stereocenters. The van der Waals surface area contributed by atoms with Crippen LogP contribution in [0.1, 0.15) is 70.6 Å². The van der Waals surface area contributed by atoms with E-state index in [4.69, 9.17) is 4.74 Å². The fraction of sp³-hybridized carbons (Fsp3) is 0.857. The number of hydrogen-bond donors (Lipinski definition) is 0. The van der Waals surface area contributed by atoms with Gasteiger partial charge in [0.25, 0.3) is 0 Å². The first-order valence-corrected chi connectivity index (χ1v) is 6.94. The second kappa shape index (κ2) is 5.65. The van der Waals surface area contributed by atoms with Crippen LogP contribution in [0, 0.1) is 0 Å². The number of carbonyl (C=O) groups is 2. The summed E-state index contributed by atoms with van der Waals surface area (Å²) in [6.07, 6.45) is 10.7. The summed E-state index contributed by atoms with van der Waals surface area (Å²) in [4.78, 5) is 23.1. The van der Waals surface area contributed by atoms with Crippen molar-refractivity contribution in [1.82, 2.24) is 0 Å². The van der Waals surface area contributed by atoms with Crippen molar-refractivity contribution < 1.29 is 14.3 Å². The summed E-state index contributed by atoms with van der Waals surface area (Å²) in [6, 6.07) is 0. The molecule has 0 unspecified atom stereocenters. The lowest BCUT2D eigenvalue weighted by molar-refractivity contribution is -0.172. The van der Waals surface area contributed by atoms with Crippen LogP contribution in [0.2, 0.25) is 0 Å². The summed E-state index contributed by atoms with van der Waals surface area (Å²) in [7, 11) is 0. The van der Waals surface area contributed by atoms with Crippen LogP contribution in [-0.4, -0.2) is 17.4 Å². The number of hydrogen-bond acceptors (Lipinski definition) is 3. The molecule has 3 heteroatoms. The highest BCUT2D eigenvalue weighted by Gasteiger charge is 2.40. The Labute approximate surface area is 103 Å². The third-order valence-corrected chi connectivity index (χ3v) is 3.96. The van der Waals surface area contributed by atoms with Gasteiger partial charge in [-0.3, -0.25) is 9.59 Å². The second-order valence-electron chi connectivity index (χ2n) is 5.52. The number of ketones is 1. The van der Waals surface area contributed by atoms with Crippen LogP contribution in [0.25, 0.3) is 0 Å². The Morgan fingerprint density at radius 1 is 0.824 bits per heavy atom. The molecule has 0 N–H and O–H groups in total. The summed E-state index contributed by atoms with van der Waals surface area (Å²) >= 11 is 0. The average molecular weight is 238 g/mol. The van der Waals surface area contributed by atoms with Gasteiger partial charge in [0, 0.05) is 6.42 Å². The molecule has 1 aliphatic heterocycles. The largest absolute Gasteiger partial charge is 0.458 e. The van der Waals surface area contributed by atoms with Crippen molar-refractivity contribution in [3.8, 4) is 0 Å². The average Bonchev–Trinajstić information content (AvgIpc) is 2.26. The Morgan fingerprint density at radius 2 is 1.35 bits per heavy atom. The Hall–Kier alpha value is -0.860. The van der Waals surface area contributed by atoms with Gasteiger partial charge in [-0.05, 0) is 25.7 Å². The third-order valence-electron chi connectivity index (χ3n) is 3.96. The topological polar surface area (TPSA) is 43.4 Å². The standard InChI is InChI=1S/C14H22O3/c15-12-10-13(16)17-14(11-12)8-6-4-2-1-3-5-7-9-14/h1-11H2. The highest BCUT2D eigenvalue weighted by Crippen LogP contribution is 2.35. The molecule has 1 spiro atoms. The second-order valence-corrected chi connectivity index (χ2v) is 5.52. The Bertz CT molecular complexity index is 268. The molecule has 1 saturated heterocycles. The molecule has 2 fully saturated rings. The van der Waals surface area contributed by atoms with Gasteiger partial charge in [0.05, 0.1) is 0 Å². The van der Waals surface area contributed by atoms with Gasteiger partial charge in [-0.15, -0.1) is 0 Å². The zero-order valence-corrected chi connectivity index (χ0v) is 10.5. The molecular formula is C14H22O3. The summed E-state index contributed by atoms with van der Waals surface area (Å²) in [5, 5.41) is 0. The maximum atomic E-state index is 11.6. The van der Waals surface area contributed by atoms with E-state index in [1.165, 1.54) is 32.1 Å². The van der Waals surface area contributed by atoms with E-state index in [-0.39, 0.29) is 18.2 Å². The van der Waals surface area contributed by atoms with Crippen LogP contribution in [0.3, 0.4) is 0 Å². The van der Waals surface area contributed by atoms with Crippen LogP contribution < -0.4 is 0 Å². The van der Waals surface area contributed by atoms with Crippen molar-refractivity contribution in [2.45, 2.75) is 76.2 Å². The van der Waals surface area contributed by atoms with Gasteiger partial charge in [0.1, 0.15) is 17.8 Å². The first kappa shape index (κ1) is 12.6. The molecule has 96 valence electrons. The lowest BCUT2D eigenvalue weighted by atomic mass is 9.82. The molecule has 0 aromatic carbocycles. The van der Waals surface area contributed by atoms with Gasteiger partial charge in [-0.2, -0.15) is 0 Å². The highest BCUT2D eigenvalue weighted by molar-refractivity contribution is 5.98. The monoisotopic (exact) mass is 238 g/mol. The molecule has 3 nitrogen and oxygen atoms in total. The van der Waals surface area contributed by atoms with Crippen molar-refractivity contribution in [3.05, 3.63) is 0 Å². The smallest absolute Gasteiger partial charge is 0.313 e. The van der Waals surface area contributed by atoms with E-state index in [2.05, 4.69) is 0 Å². The molecule has 0 aromatic heterocycles. The lowest BCUT2D eigenvalue weighted by Gasteiger charge is -2.36. The Balaban J connectivity index is 2.02. The van der Waals surface area contributed by atoms with E-state index < -0.39 is 5.60 Å². The number of Topliss-reactive ketones (excluding diaryl/α,β-unsaturated/α-hetero) is 1. The van der Waals surface area contributed by atoms with E-state index in [0.29, 0.717) is 6.42 Å². The van der Waals surface area contributed by atoms with E-state index in [9.17, 15) is 9.59 Å². The molecule has 2 rings (SSSR count). The highest BCUT2D eigenvalue weighted by atomic mass is 16.6. The maximum absolute atomic E-state index is 11.6. The van der Waals surface area contributed by atoms with Gasteiger partial charge in [-0.25, -0.2) is 0 Å². The minimum absolute atomic E-state index is 0.0122. The van der Waals surface area contributed by atoms with Crippen molar-refractivity contribution in [2.75, 3.05) is 0 Å². The molecule has 0 bridgehead atoms. The van der Waals surface area contributed by atoms with Crippen molar-refractivity contribution in [3.63, 3.8) is 0 Å². The first-order valence-electron chi connectivity index (χ1n) is 6.94. The number of rotatable bonds is 0. The number of carbonyl (C=O) groups excluding carboxylic acids is 2. The van der Waals surface area contributed by atoms with Crippen LogP contribution in [0.5, 0.6) is 0 Å². The minimum atomic E-state index is -0.441. The van der Waals surface area contributed by atoms with Crippen molar-refractivity contribution in [1.29, 1.82) is 0 Å². The van der Waals surface area contributed by atoms with Crippen molar-refractivity contribution in [2.24, 2.45) is 0 Å². The quantitative estimate of drug-likeness (QED) is 0.481. The van der Waals surface area contributed by atoms with E-state index in [0.717, 1.165) is 25.7 Å². The summed E-state index contributed by atoms with van der Waals surface area (Å²) in [6.45, 7) is 0. The molecule has 0 aromatic rings. The normalized spacial score (nSPS) is 26.6. The Kier molecular flexibility index (Phi) is 4.19. The van der Waals surface area contributed by atoms with Crippen LogP contribution >= 0.6 is 0 Å². The van der Waals surface area contributed by atoms with Gasteiger partial charge in [0.15, 0.2) is 0 Å². The molecule has 17 heavy (non-hydrogen) atoms. The predicted octanol–water partition coefficient (Wildman–Crippen LogP) is 3.16. The molecule has 1 heterocycles. The van der Waals surface area contributed by atoms with Crippen molar-refractivity contribution >= 4 is 11.8 Å². The first-order chi connectivity index (χ1) is 8.20. The summed E-state index contributed by atoms with van der Waals surface area (Å²) in [5.41, 5.74) is -0.441. The predicted molar refractivity (Wildman–Crippen MR) is 64.6 cm³/mol. The molecule has 1 aliphatic carbocycles. The third kappa shape index (κ3) is 3.55. The van der Waals surface area contributed by atoms with Crippen LogP contribution in [0.15, 0.2) is 0 Å². The summed E-state index contributed by atoms with van der Waals surface area (Å²) in [5.74, 6) is -0.239. The van der Waals surface area contributed by atoms with Crippen LogP contribution in [0.4, 0.5) is 0 Å². The molecular weight excluding hydrogens is 216 g/mol. The molecule has 0 radical (unpaired) electrons. The summed E-state index contributed by atoms with van der Waals surface area (Å²) < 4.78 is 5.56. The Morgan fingerprint density at radius 3 is 1.88 bits per heavy atom. The van der Waals surface area contributed by atoms with E-state index in [1.54, 1.807) is 0 Å². The van der Waals surface area contributed by atoms with Gasteiger partial charge in [0.2, 0.25) is 0 Å². The van der Waals surface area contributed by atoms with Gasteiger partial charge in [-0.1, -0.05) is 32.1 Å². The number of ether oxygens (including phenoxy) is 1. The van der Waals surface area contributed by atoms with Gasteiger partial charge < -0.3 is 4.74 Å². The number of esters is 1. The fourth-order valence-corrected chi connectivity index (χ4v) is 3.08. The molecule has 1 saturated carbocycles. The van der Waals surface area contributed by atoms with Crippen LogP contribution in [-0.2, 0) is 14.3 Å². The minimum Gasteiger partial charge on any atom is -0.458 e. The molecule has 0 amide bonds. The SMILES string of the molecule is O=C1CC(=O)OC2(CCCCCCCCC2)C1. The van der Waals surface area contributed by atoms with E-state index in [1.807, 2.05) is 0 Å². The zero-order chi connectivity index (χ0) is 12.1. The lowest BCUT2D eigenvalue weighted by Crippen LogP contribution is -2.42. The maximum Gasteiger partial charge on any atom is 0.313 e. The van der Waals surface area contributed by atoms with E-state index >= 15 is 0 Å². The fourth-order valence-electron chi connectivity index (χ4n) is 3.08. The van der Waals surface area contributed by atoms with Gasteiger partial charge >= 0.3 is 5.97 Å².